The van der Waals surface area contributed by atoms with Crippen molar-refractivity contribution in [2.75, 3.05) is 11.1 Å². The first kappa shape index (κ1) is 13.7. The number of nitrogen functional groups attached to an aromatic ring is 1. The van der Waals surface area contributed by atoms with Crippen LogP contribution >= 0.6 is 0 Å². The van der Waals surface area contributed by atoms with Crippen LogP contribution in [0.5, 0.6) is 0 Å². The van der Waals surface area contributed by atoms with E-state index in [1.54, 1.807) is 0 Å². The quantitative estimate of drug-likeness (QED) is 0.638. The molecule has 0 aliphatic heterocycles. The summed E-state index contributed by atoms with van der Waals surface area (Å²) in [5.74, 6) is 0.135. The highest BCUT2D eigenvalue weighted by molar-refractivity contribution is 5.53. The number of benzene rings is 1. The minimum atomic E-state index is -0.606. The number of rotatable bonds is 5. The maximum absolute atomic E-state index is 10.6. The fraction of sp³-hybridized carbons (Fsp3) is 0.231. The van der Waals surface area contributed by atoms with Gasteiger partial charge in [-0.3, -0.25) is 10.1 Å². The van der Waals surface area contributed by atoms with Crippen molar-refractivity contribution in [1.29, 1.82) is 0 Å². The second-order valence-electron chi connectivity index (χ2n) is 4.20. The molecule has 1 aromatic carbocycles. The summed E-state index contributed by atoms with van der Waals surface area (Å²) in [6.45, 7) is 2.63. The molecule has 2 aromatic rings. The highest BCUT2D eigenvalue weighted by atomic mass is 16.6. The zero-order valence-electron chi connectivity index (χ0n) is 11.0. The third-order valence-electron chi connectivity index (χ3n) is 2.93. The second-order valence-corrected chi connectivity index (χ2v) is 4.20. The molecular weight excluding hydrogens is 258 g/mol. The van der Waals surface area contributed by atoms with E-state index in [-0.39, 0.29) is 17.5 Å². The summed E-state index contributed by atoms with van der Waals surface area (Å²) < 4.78 is 0. The summed E-state index contributed by atoms with van der Waals surface area (Å²) in [5.41, 5.74) is 7.59. The van der Waals surface area contributed by atoms with Gasteiger partial charge in [-0.1, -0.05) is 31.2 Å². The number of aryl methyl sites for hydroxylation is 1. The zero-order chi connectivity index (χ0) is 14.5. The summed E-state index contributed by atoms with van der Waals surface area (Å²) in [4.78, 5) is 17.8. The van der Waals surface area contributed by atoms with Gasteiger partial charge in [0.1, 0.15) is 6.20 Å². The van der Waals surface area contributed by atoms with Gasteiger partial charge in [-0.15, -0.1) is 0 Å². The normalized spacial score (nSPS) is 10.2. The largest absolute Gasteiger partial charge is 0.378 e. The number of nitrogens with zero attached hydrogens (tertiary/aromatic N) is 3. The van der Waals surface area contributed by atoms with Crippen LogP contribution in [-0.4, -0.2) is 14.9 Å². The van der Waals surface area contributed by atoms with E-state index in [0.29, 0.717) is 6.54 Å². The Hall–Kier alpha value is -2.70. The molecule has 1 aromatic heterocycles. The molecule has 2 rings (SSSR count). The van der Waals surface area contributed by atoms with Crippen molar-refractivity contribution in [1.82, 2.24) is 9.97 Å². The van der Waals surface area contributed by atoms with Crippen LogP contribution in [-0.2, 0) is 13.0 Å². The lowest BCUT2D eigenvalue weighted by atomic mass is 10.1. The monoisotopic (exact) mass is 273 g/mol. The number of anilines is 2. The molecule has 1 heterocycles. The predicted molar refractivity (Wildman–Crippen MR) is 76.2 cm³/mol. The topological polar surface area (TPSA) is 107 Å². The first-order valence-electron chi connectivity index (χ1n) is 6.19. The Kier molecular flexibility index (Phi) is 4.09. The van der Waals surface area contributed by atoms with Gasteiger partial charge in [-0.25, -0.2) is 4.98 Å². The van der Waals surface area contributed by atoms with Crippen molar-refractivity contribution in [3.05, 3.63) is 51.7 Å². The van der Waals surface area contributed by atoms with Gasteiger partial charge in [-0.2, -0.15) is 4.98 Å². The summed E-state index contributed by atoms with van der Waals surface area (Å²) in [6.07, 6.45) is 2.04. The fourth-order valence-corrected chi connectivity index (χ4v) is 1.86. The van der Waals surface area contributed by atoms with E-state index in [9.17, 15) is 10.1 Å². The van der Waals surface area contributed by atoms with E-state index in [1.165, 1.54) is 5.56 Å². The van der Waals surface area contributed by atoms with E-state index < -0.39 is 4.92 Å². The van der Waals surface area contributed by atoms with Crippen molar-refractivity contribution >= 4 is 17.5 Å². The molecule has 0 fully saturated rings. The summed E-state index contributed by atoms with van der Waals surface area (Å²) in [5, 5.41) is 13.6. The van der Waals surface area contributed by atoms with Crippen molar-refractivity contribution in [3.8, 4) is 0 Å². The number of nitrogens with one attached hydrogen (secondary N) is 1. The lowest BCUT2D eigenvalue weighted by Gasteiger charge is -2.09. The van der Waals surface area contributed by atoms with Crippen LogP contribution in [0.2, 0.25) is 0 Å². The minimum Gasteiger partial charge on any atom is -0.378 e. The van der Waals surface area contributed by atoms with Crippen LogP contribution in [0.4, 0.5) is 17.5 Å². The van der Waals surface area contributed by atoms with Gasteiger partial charge in [0, 0.05) is 6.54 Å². The lowest BCUT2D eigenvalue weighted by Crippen LogP contribution is -2.08. The van der Waals surface area contributed by atoms with E-state index in [0.717, 1.165) is 18.2 Å². The van der Waals surface area contributed by atoms with Crippen molar-refractivity contribution < 1.29 is 4.92 Å². The van der Waals surface area contributed by atoms with Crippen molar-refractivity contribution in [2.24, 2.45) is 0 Å². The van der Waals surface area contributed by atoms with Crippen LogP contribution in [0.25, 0.3) is 0 Å². The first-order valence-corrected chi connectivity index (χ1v) is 6.19. The number of hydrogen-bond donors (Lipinski definition) is 2. The molecule has 0 atom stereocenters. The maximum Gasteiger partial charge on any atom is 0.329 e. The Morgan fingerprint density at radius 3 is 2.65 bits per heavy atom. The fourth-order valence-electron chi connectivity index (χ4n) is 1.86. The molecule has 0 amide bonds. The molecule has 0 spiro atoms. The summed E-state index contributed by atoms with van der Waals surface area (Å²) in [7, 11) is 0. The van der Waals surface area contributed by atoms with Crippen molar-refractivity contribution in [2.45, 2.75) is 19.9 Å². The Balaban J connectivity index is 2.11. The van der Waals surface area contributed by atoms with E-state index in [4.69, 9.17) is 5.73 Å². The number of nitrogens with two attached hydrogens (primary N) is 1. The van der Waals surface area contributed by atoms with Gasteiger partial charge in [0.15, 0.2) is 0 Å². The molecule has 0 saturated heterocycles. The third kappa shape index (κ3) is 3.00. The summed E-state index contributed by atoms with van der Waals surface area (Å²) >= 11 is 0. The minimum absolute atomic E-state index is 0.142. The first-order chi connectivity index (χ1) is 9.61. The van der Waals surface area contributed by atoms with Crippen LogP contribution in [0, 0.1) is 10.1 Å². The van der Waals surface area contributed by atoms with Gasteiger partial charge in [0.2, 0.25) is 11.8 Å². The Labute approximate surface area is 116 Å². The zero-order valence-corrected chi connectivity index (χ0v) is 11.0. The van der Waals surface area contributed by atoms with Gasteiger partial charge in [0.05, 0.1) is 4.92 Å². The molecule has 7 heteroatoms. The summed E-state index contributed by atoms with van der Waals surface area (Å²) in [6, 6.07) is 8.02. The number of hydrogen-bond acceptors (Lipinski definition) is 6. The van der Waals surface area contributed by atoms with Crippen LogP contribution in [0.15, 0.2) is 30.5 Å². The van der Waals surface area contributed by atoms with Gasteiger partial charge >= 0.3 is 5.69 Å². The Morgan fingerprint density at radius 1 is 1.35 bits per heavy atom. The molecule has 0 saturated carbocycles. The molecule has 0 aliphatic rings. The molecule has 20 heavy (non-hydrogen) atoms. The molecule has 0 bridgehead atoms. The molecule has 7 nitrogen and oxygen atoms in total. The number of aromatic nitrogens is 2. The van der Waals surface area contributed by atoms with E-state index in [1.807, 2.05) is 18.2 Å². The van der Waals surface area contributed by atoms with Gasteiger partial charge in [0.25, 0.3) is 0 Å². The molecular formula is C13H15N5O2. The molecule has 0 unspecified atom stereocenters. The van der Waals surface area contributed by atoms with Gasteiger partial charge in [-0.05, 0) is 17.5 Å². The standard InChI is InChI=1S/C13H15N5O2/c1-2-9-5-3-4-6-10(9)7-15-13-16-8-11(18(19)20)12(14)17-13/h3-6,8H,2,7H2,1H3,(H3,14,15,16,17). The molecule has 0 aliphatic carbocycles. The van der Waals surface area contributed by atoms with Gasteiger partial charge < -0.3 is 11.1 Å². The Bertz CT molecular complexity index is 630. The SMILES string of the molecule is CCc1ccccc1CNc1ncc([N+](=O)[O-])c(N)n1. The van der Waals surface area contributed by atoms with Crippen LogP contribution in [0.3, 0.4) is 0 Å². The van der Waals surface area contributed by atoms with Crippen LogP contribution in [0.1, 0.15) is 18.1 Å². The highest BCUT2D eigenvalue weighted by Gasteiger charge is 2.14. The van der Waals surface area contributed by atoms with E-state index >= 15 is 0 Å². The molecule has 3 N–H and O–H groups in total. The average Bonchev–Trinajstić information content (AvgIpc) is 2.45. The lowest BCUT2D eigenvalue weighted by molar-refractivity contribution is -0.384. The molecule has 0 radical (unpaired) electrons. The van der Waals surface area contributed by atoms with E-state index in [2.05, 4.69) is 28.3 Å². The second kappa shape index (κ2) is 5.96. The third-order valence-corrected chi connectivity index (χ3v) is 2.93. The Morgan fingerprint density at radius 2 is 2.05 bits per heavy atom. The van der Waals surface area contributed by atoms with Crippen molar-refractivity contribution in [3.63, 3.8) is 0 Å². The van der Waals surface area contributed by atoms with Crippen LogP contribution < -0.4 is 11.1 Å². The maximum atomic E-state index is 10.6. The molecule has 104 valence electrons. The highest BCUT2D eigenvalue weighted by Crippen LogP contribution is 2.19. The average molecular weight is 273 g/mol. The predicted octanol–water partition coefficient (Wildman–Crippen LogP) is 2.14. The number of nitro groups is 1. The smallest absolute Gasteiger partial charge is 0.329 e.